The summed E-state index contributed by atoms with van der Waals surface area (Å²) >= 11 is 0. The number of nitrogens with two attached hydrogens (primary N) is 1. The number of nitrogen functional groups attached to an aromatic ring is 1. The number of carbonyl (C=O) groups is 1. The molecule has 0 amide bonds. The van der Waals surface area contributed by atoms with Gasteiger partial charge in [0, 0.05) is 35.2 Å². The van der Waals surface area contributed by atoms with Gasteiger partial charge in [-0.05, 0) is 56.2 Å². The Morgan fingerprint density at radius 2 is 1.67 bits per heavy atom. The number of aryl methyl sites for hydroxylation is 2. The minimum Gasteiger partial charge on any atom is -0.493 e. The molecule has 4 aromatic rings. The van der Waals surface area contributed by atoms with E-state index < -0.39 is 0 Å². The fraction of sp³-hybridized carbons (Fsp3) is 0.241. The van der Waals surface area contributed by atoms with Crippen LogP contribution in [-0.4, -0.2) is 17.4 Å². The highest BCUT2D eigenvalue weighted by Crippen LogP contribution is 2.21. The second-order valence-corrected chi connectivity index (χ2v) is 8.12. The van der Waals surface area contributed by atoms with Crippen molar-refractivity contribution in [2.45, 2.75) is 40.0 Å². The quantitative estimate of drug-likeness (QED) is 0.324. The van der Waals surface area contributed by atoms with E-state index in [1.807, 2.05) is 86.6 Å². The van der Waals surface area contributed by atoms with Crippen molar-refractivity contribution >= 4 is 22.4 Å². The molecule has 4 rings (SSSR count). The minimum absolute atomic E-state index is 0.225. The average molecular weight is 441 g/mol. The number of hydrogen-bond acceptors (Lipinski definition) is 4. The summed E-state index contributed by atoms with van der Waals surface area (Å²) in [4.78, 5) is 16.5. The third-order valence-electron chi connectivity index (χ3n) is 5.30. The third kappa shape index (κ3) is 6.91. The highest BCUT2D eigenvalue weighted by Gasteiger charge is 2.09. The number of ether oxygens (including phenoxy) is 1. The Morgan fingerprint density at radius 3 is 2.42 bits per heavy atom. The molecule has 0 fully saturated rings. The SMILES string of the molecule is CCCC(=O)c1ccccc1CCOc1ccccc1.Cc1ccc2nc(C)cc(N)c2c1. The van der Waals surface area contributed by atoms with Crippen molar-refractivity contribution in [2.24, 2.45) is 0 Å². The van der Waals surface area contributed by atoms with E-state index in [-0.39, 0.29) is 5.78 Å². The number of anilines is 1. The second kappa shape index (κ2) is 11.8. The van der Waals surface area contributed by atoms with Crippen molar-refractivity contribution in [2.75, 3.05) is 12.3 Å². The molecule has 0 unspecified atom stereocenters. The lowest BCUT2D eigenvalue weighted by atomic mass is 9.99. The summed E-state index contributed by atoms with van der Waals surface area (Å²) in [5.74, 6) is 1.09. The summed E-state index contributed by atoms with van der Waals surface area (Å²) in [5, 5.41) is 1.05. The van der Waals surface area contributed by atoms with Crippen LogP contribution in [0.25, 0.3) is 10.9 Å². The summed E-state index contributed by atoms with van der Waals surface area (Å²) in [5.41, 5.74) is 11.8. The topological polar surface area (TPSA) is 65.2 Å². The van der Waals surface area contributed by atoms with E-state index in [0.29, 0.717) is 13.0 Å². The van der Waals surface area contributed by atoms with Crippen LogP contribution in [0.2, 0.25) is 0 Å². The molecule has 2 N–H and O–H groups in total. The molecule has 170 valence electrons. The van der Waals surface area contributed by atoms with Crippen LogP contribution >= 0.6 is 0 Å². The van der Waals surface area contributed by atoms with E-state index in [9.17, 15) is 4.79 Å². The van der Waals surface area contributed by atoms with Crippen LogP contribution < -0.4 is 10.5 Å². The summed E-state index contributed by atoms with van der Waals surface area (Å²) in [7, 11) is 0. The van der Waals surface area contributed by atoms with Gasteiger partial charge in [-0.15, -0.1) is 0 Å². The number of carbonyl (C=O) groups excluding carboxylic acids is 1. The smallest absolute Gasteiger partial charge is 0.163 e. The number of ketones is 1. The van der Waals surface area contributed by atoms with Crippen LogP contribution in [0.1, 0.15) is 46.9 Å². The second-order valence-electron chi connectivity index (χ2n) is 8.12. The molecule has 4 heteroatoms. The van der Waals surface area contributed by atoms with Gasteiger partial charge < -0.3 is 10.5 Å². The zero-order chi connectivity index (χ0) is 23.6. The van der Waals surface area contributed by atoms with Crippen molar-refractivity contribution in [3.05, 3.63) is 101 Å². The largest absolute Gasteiger partial charge is 0.493 e. The van der Waals surface area contributed by atoms with E-state index >= 15 is 0 Å². The molecule has 0 radical (unpaired) electrons. The van der Waals surface area contributed by atoms with Crippen molar-refractivity contribution in [1.82, 2.24) is 4.98 Å². The van der Waals surface area contributed by atoms with Crippen molar-refractivity contribution < 1.29 is 9.53 Å². The Labute approximate surface area is 196 Å². The molecule has 0 bridgehead atoms. The molecule has 0 spiro atoms. The maximum Gasteiger partial charge on any atom is 0.163 e. The van der Waals surface area contributed by atoms with E-state index in [1.165, 1.54) is 5.56 Å². The first-order valence-corrected chi connectivity index (χ1v) is 11.4. The van der Waals surface area contributed by atoms with Crippen LogP contribution in [0, 0.1) is 13.8 Å². The lowest BCUT2D eigenvalue weighted by Crippen LogP contribution is -2.07. The summed E-state index contributed by atoms with van der Waals surface area (Å²) in [6.07, 6.45) is 2.24. The van der Waals surface area contributed by atoms with Crippen LogP contribution in [0.4, 0.5) is 5.69 Å². The van der Waals surface area contributed by atoms with Gasteiger partial charge in [0.1, 0.15) is 5.75 Å². The van der Waals surface area contributed by atoms with E-state index in [4.69, 9.17) is 10.5 Å². The molecule has 0 saturated heterocycles. The summed E-state index contributed by atoms with van der Waals surface area (Å²) in [6.45, 7) is 6.62. The van der Waals surface area contributed by atoms with Gasteiger partial charge in [0.25, 0.3) is 0 Å². The molecular formula is C29H32N2O2. The molecule has 33 heavy (non-hydrogen) atoms. The highest BCUT2D eigenvalue weighted by atomic mass is 16.5. The van der Waals surface area contributed by atoms with Crippen molar-refractivity contribution in [1.29, 1.82) is 0 Å². The van der Waals surface area contributed by atoms with Crippen LogP contribution in [0.15, 0.2) is 78.9 Å². The normalized spacial score (nSPS) is 10.4. The molecule has 0 saturated carbocycles. The molecular weight excluding hydrogens is 408 g/mol. The molecule has 1 heterocycles. The summed E-state index contributed by atoms with van der Waals surface area (Å²) < 4.78 is 5.69. The first kappa shape index (κ1) is 24.0. The van der Waals surface area contributed by atoms with Gasteiger partial charge in [0.05, 0.1) is 12.1 Å². The lowest BCUT2D eigenvalue weighted by molar-refractivity contribution is 0.0980. The van der Waals surface area contributed by atoms with Gasteiger partial charge in [-0.2, -0.15) is 0 Å². The Bertz CT molecular complexity index is 1200. The highest BCUT2D eigenvalue weighted by molar-refractivity contribution is 5.97. The molecule has 3 aromatic carbocycles. The van der Waals surface area contributed by atoms with Gasteiger partial charge in [-0.25, -0.2) is 0 Å². The monoisotopic (exact) mass is 440 g/mol. The van der Waals surface area contributed by atoms with E-state index in [0.717, 1.165) is 52.0 Å². The first-order chi connectivity index (χ1) is 16.0. The fourth-order valence-electron chi connectivity index (χ4n) is 3.67. The lowest BCUT2D eigenvalue weighted by Gasteiger charge is -2.09. The summed E-state index contributed by atoms with van der Waals surface area (Å²) in [6, 6.07) is 25.6. The van der Waals surface area contributed by atoms with Crippen molar-refractivity contribution in [3.8, 4) is 5.75 Å². The number of nitrogens with zero attached hydrogens (tertiary/aromatic N) is 1. The van der Waals surface area contributed by atoms with Gasteiger partial charge in [0.15, 0.2) is 5.78 Å². The zero-order valence-electron chi connectivity index (χ0n) is 19.7. The Balaban J connectivity index is 0.000000203. The van der Waals surface area contributed by atoms with Crippen LogP contribution in [0.3, 0.4) is 0 Å². The van der Waals surface area contributed by atoms with Gasteiger partial charge >= 0.3 is 0 Å². The molecule has 0 aliphatic heterocycles. The Morgan fingerprint density at radius 1 is 0.939 bits per heavy atom. The third-order valence-corrected chi connectivity index (χ3v) is 5.30. The molecule has 1 aromatic heterocycles. The first-order valence-electron chi connectivity index (χ1n) is 11.4. The number of hydrogen-bond donors (Lipinski definition) is 1. The van der Waals surface area contributed by atoms with Gasteiger partial charge in [-0.3, -0.25) is 9.78 Å². The number of para-hydroxylation sites is 1. The number of Topliss-reactive ketones (excluding diaryl/α,β-unsaturated/α-hetero) is 1. The minimum atomic E-state index is 0.225. The van der Waals surface area contributed by atoms with Crippen molar-refractivity contribution in [3.63, 3.8) is 0 Å². The van der Waals surface area contributed by atoms with E-state index in [1.54, 1.807) is 0 Å². The number of fused-ring (bicyclic) bond motifs is 1. The van der Waals surface area contributed by atoms with Gasteiger partial charge in [-0.1, -0.05) is 61.0 Å². The maximum atomic E-state index is 12.1. The maximum absolute atomic E-state index is 12.1. The molecule has 4 nitrogen and oxygen atoms in total. The number of benzene rings is 3. The fourth-order valence-corrected chi connectivity index (χ4v) is 3.67. The Kier molecular flexibility index (Phi) is 8.59. The predicted molar refractivity (Wildman–Crippen MR) is 137 cm³/mol. The van der Waals surface area contributed by atoms with Gasteiger partial charge in [0.2, 0.25) is 0 Å². The van der Waals surface area contributed by atoms with Crippen LogP contribution in [0.5, 0.6) is 5.75 Å². The number of rotatable bonds is 7. The molecule has 0 aliphatic carbocycles. The number of pyridine rings is 1. The Hall–Kier alpha value is -3.66. The molecule has 0 aliphatic rings. The average Bonchev–Trinajstić information content (AvgIpc) is 2.81. The zero-order valence-corrected chi connectivity index (χ0v) is 19.7. The number of aromatic nitrogens is 1. The van der Waals surface area contributed by atoms with E-state index in [2.05, 4.69) is 18.0 Å². The molecule has 0 atom stereocenters. The predicted octanol–water partition coefficient (Wildman–Crippen LogP) is 6.72. The standard InChI is InChI=1S/C18H20O2.C11H12N2/c1-2-8-18(19)17-12-7-6-9-15(17)13-14-20-16-10-4-3-5-11-16;1-7-3-4-11-9(5-7)10(12)6-8(2)13-11/h3-7,9-12H,2,8,13-14H2,1H3;3-6H,1-2H3,(H2,12,13). The van der Waals surface area contributed by atoms with Crippen LogP contribution in [-0.2, 0) is 6.42 Å².